The Bertz CT molecular complexity index is 1200. The Morgan fingerprint density at radius 2 is 1.68 bits per heavy atom. The van der Waals surface area contributed by atoms with Crippen molar-refractivity contribution in [2.75, 3.05) is 31.1 Å². The van der Waals surface area contributed by atoms with Gasteiger partial charge in [0.05, 0.1) is 14.9 Å². The van der Waals surface area contributed by atoms with E-state index >= 15 is 0 Å². The fraction of sp³-hybridized carbons (Fsp3) is 0.222. The lowest BCUT2D eigenvalue weighted by Gasteiger charge is -2.34. The molecule has 0 radical (unpaired) electrons. The minimum atomic E-state index is -3.67. The second-order valence-corrected chi connectivity index (χ2v) is 9.10. The standard InChI is InChI=1S/C18H16Cl2N4O3S/c19-14-5-4-13(11-15(14)20)28(26,27)23-9-7-22(8-10-23)17-12-18(25)24-6-2-1-3-16(24)21-17/h1-6,11-12H,7-10H2. The Hall–Kier alpha value is -2.13. The predicted molar refractivity (Wildman–Crippen MR) is 109 cm³/mol. The average Bonchev–Trinajstić information content (AvgIpc) is 2.70. The van der Waals surface area contributed by atoms with E-state index in [0.717, 1.165) is 0 Å². The molecule has 0 amide bonds. The van der Waals surface area contributed by atoms with Crippen LogP contribution in [0.3, 0.4) is 0 Å². The zero-order valence-corrected chi connectivity index (χ0v) is 17.0. The fourth-order valence-electron chi connectivity index (χ4n) is 3.15. The van der Waals surface area contributed by atoms with Gasteiger partial charge < -0.3 is 4.90 Å². The highest BCUT2D eigenvalue weighted by Crippen LogP contribution is 2.27. The summed E-state index contributed by atoms with van der Waals surface area (Å²) in [6.07, 6.45) is 1.66. The van der Waals surface area contributed by atoms with Gasteiger partial charge in [-0.1, -0.05) is 29.3 Å². The van der Waals surface area contributed by atoms with E-state index in [9.17, 15) is 13.2 Å². The highest BCUT2D eigenvalue weighted by molar-refractivity contribution is 7.89. The van der Waals surface area contributed by atoms with E-state index in [2.05, 4.69) is 4.98 Å². The largest absolute Gasteiger partial charge is 0.354 e. The Kier molecular flexibility index (Phi) is 5.05. The van der Waals surface area contributed by atoms with Gasteiger partial charge in [0, 0.05) is 38.4 Å². The van der Waals surface area contributed by atoms with E-state index in [4.69, 9.17) is 23.2 Å². The van der Waals surface area contributed by atoms with Gasteiger partial charge in [0.15, 0.2) is 0 Å². The smallest absolute Gasteiger partial charge is 0.259 e. The number of piperazine rings is 1. The van der Waals surface area contributed by atoms with Gasteiger partial charge >= 0.3 is 0 Å². The van der Waals surface area contributed by atoms with Crippen molar-refractivity contribution < 1.29 is 8.42 Å². The zero-order valence-electron chi connectivity index (χ0n) is 14.6. The number of anilines is 1. The first kappa shape index (κ1) is 19.2. The van der Waals surface area contributed by atoms with E-state index < -0.39 is 10.0 Å². The molecule has 1 aliphatic rings. The third-order valence-electron chi connectivity index (χ3n) is 4.65. The molecule has 2 aromatic heterocycles. The van der Waals surface area contributed by atoms with Gasteiger partial charge in [0.2, 0.25) is 10.0 Å². The van der Waals surface area contributed by atoms with Crippen molar-refractivity contribution in [3.05, 3.63) is 69.1 Å². The van der Waals surface area contributed by atoms with Crippen LogP contribution in [0.25, 0.3) is 5.65 Å². The van der Waals surface area contributed by atoms with Crippen LogP contribution in [-0.4, -0.2) is 48.3 Å². The minimum Gasteiger partial charge on any atom is -0.354 e. The molecule has 0 bridgehead atoms. The molecule has 3 aromatic rings. The van der Waals surface area contributed by atoms with Gasteiger partial charge in [0.25, 0.3) is 5.56 Å². The van der Waals surface area contributed by atoms with Crippen molar-refractivity contribution in [3.8, 4) is 0 Å². The number of benzene rings is 1. The molecule has 4 rings (SSSR count). The lowest BCUT2D eigenvalue weighted by molar-refractivity contribution is 0.384. The lowest BCUT2D eigenvalue weighted by Crippen LogP contribution is -2.49. The maximum absolute atomic E-state index is 12.9. The van der Waals surface area contributed by atoms with Crippen LogP contribution in [-0.2, 0) is 10.0 Å². The second kappa shape index (κ2) is 7.36. The molecule has 10 heteroatoms. The van der Waals surface area contributed by atoms with Gasteiger partial charge in [-0.3, -0.25) is 9.20 Å². The molecule has 0 atom stereocenters. The molecule has 3 heterocycles. The number of fused-ring (bicyclic) bond motifs is 1. The summed E-state index contributed by atoms with van der Waals surface area (Å²) in [6.45, 7) is 1.41. The Labute approximate surface area is 171 Å². The number of hydrogen-bond acceptors (Lipinski definition) is 5. The van der Waals surface area contributed by atoms with Gasteiger partial charge in [-0.05, 0) is 30.3 Å². The minimum absolute atomic E-state index is 0.109. The summed E-state index contributed by atoms with van der Waals surface area (Å²) in [5, 5.41) is 0.501. The van der Waals surface area contributed by atoms with Gasteiger partial charge in [-0.25, -0.2) is 13.4 Å². The molecule has 146 valence electrons. The summed E-state index contributed by atoms with van der Waals surface area (Å²) in [5.41, 5.74) is 0.377. The molecule has 7 nitrogen and oxygen atoms in total. The summed E-state index contributed by atoms with van der Waals surface area (Å²) in [7, 11) is -3.67. The molecule has 1 aliphatic heterocycles. The number of rotatable bonds is 3. The van der Waals surface area contributed by atoms with E-state index in [1.807, 2.05) is 11.0 Å². The number of pyridine rings is 1. The highest BCUT2D eigenvalue weighted by atomic mass is 35.5. The van der Waals surface area contributed by atoms with Crippen molar-refractivity contribution in [1.29, 1.82) is 0 Å². The summed E-state index contributed by atoms with van der Waals surface area (Å²) < 4.78 is 28.6. The molecule has 1 saturated heterocycles. The summed E-state index contributed by atoms with van der Waals surface area (Å²) in [4.78, 5) is 18.8. The number of sulfonamides is 1. The molecule has 0 aliphatic carbocycles. The topological polar surface area (TPSA) is 75.0 Å². The Morgan fingerprint density at radius 3 is 2.39 bits per heavy atom. The van der Waals surface area contributed by atoms with E-state index in [-0.39, 0.29) is 28.6 Å². The Morgan fingerprint density at radius 1 is 0.929 bits per heavy atom. The first-order chi connectivity index (χ1) is 13.4. The van der Waals surface area contributed by atoms with Crippen molar-refractivity contribution in [2.45, 2.75) is 4.90 Å². The maximum atomic E-state index is 12.9. The van der Waals surface area contributed by atoms with Crippen LogP contribution in [0.4, 0.5) is 5.82 Å². The summed E-state index contributed by atoms with van der Waals surface area (Å²) in [5.74, 6) is 0.544. The quantitative estimate of drug-likeness (QED) is 0.627. The van der Waals surface area contributed by atoms with Gasteiger partial charge in [-0.15, -0.1) is 0 Å². The molecule has 1 fully saturated rings. The first-order valence-corrected chi connectivity index (χ1v) is 10.7. The van der Waals surface area contributed by atoms with Crippen molar-refractivity contribution in [2.24, 2.45) is 0 Å². The Balaban J connectivity index is 1.54. The van der Waals surface area contributed by atoms with E-state index in [0.29, 0.717) is 29.6 Å². The molecule has 1 aromatic carbocycles. The monoisotopic (exact) mass is 438 g/mol. The maximum Gasteiger partial charge on any atom is 0.259 e. The molecule has 0 spiro atoms. The molecule has 0 N–H and O–H groups in total. The molecule has 0 saturated carbocycles. The van der Waals surface area contributed by atoms with Crippen LogP contribution in [0.5, 0.6) is 0 Å². The fourth-order valence-corrected chi connectivity index (χ4v) is 4.96. The number of hydrogen-bond donors (Lipinski definition) is 0. The predicted octanol–water partition coefficient (Wildman–Crippen LogP) is 2.51. The molecular formula is C18H16Cl2N4O3S. The second-order valence-electron chi connectivity index (χ2n) is 6.35. The van der Waals surface area contributed by atoms with Crippen LogP contribution in [0.2, 0.25) is 10.0 Å². The summed E-state index contributed by atoms with van der Waals surface area (Å²) >= 11 is 11.8. The van der Waals surface area contributed by atoms with E-state index in [1.54, 1.807) is 18.3 Å². The molecule has 0 unspecified atom stereocenters. The number of nitrogens with zero attached hydrogens (tertiary/aromatic N) is 4. The van der Waals surface area contributed by atoms with Crippen molar-refractivity contribution in [3.63, 3.8) is 0 Å². The lowest BCUT2D eigenvalue weighted by atomic mass is 10.3. The van der Waals surface area contributed by atoms with Crippen LogP contribution in [0, 0.1) is 0 Å². The average molecular weight is 439 g/mol. The first-order valence-electron chi connectivity index (χ1n) is 8.55. The van der Waals surface area contributed by atoms with Crippen LogP contribution in [0.15, 0.2) is 58.4 Å². The van der Waals surface area contributed by atoms with Crippen LogP contribution in [0.1, 0.15) is 0 Å². The van der Waals surface area contributed by atoms with Crippen molar-refractivity contribution >= 4 is 44.7 Å². The van der Waals surface area contributed by atoms with Gasteiger partial charge in [0.1, 0.15) is 11.5 Å². The number of aromatic nitrogens is 2. The summed E-state index contributed by atoms with van der Waals surface area (Å²) in [6, 6.07) is 11.1. The van der Waals surface area contributed by atoms with Crippen LogP contribution >= 0.6 is 23.2 Å². The van der Waals surface area contributed by atoms with Crippen molar-refractivity contribution in [1.82, 2.24) is 13.7 Å². The third-order valence-corrected chi connectivity index (χ3v) is 7.28. The highest BCUT2D eigenvalue weighted by Gasteiger charge is 2.29. The zero-order chi connectivity index (χ0) is 19.9. The van der Waals surface area contributed by atoms with E-state index in [1.165, 1.54) is 33.0 Å². The normalized spacial score (nSPS) is 15.9. The number of halogens is 2. The SMILES string of the molecule is O=c1cc(N2CCN(S(=O)(=O)c3ccc(Cl)c(Cl)c3)CC2)nc2ccccn12. The molecular weight excluding hydrogens is 423 g/mol. The third kappa shape index (κ3) is 3.48. The molecule has 28 heavy (non-hydrogen) atoms. The van der Waals surface area contributed by atoms with Crippen LogP contribution < -0.4 is 10.5 Å². The van der Waals surface area contributed by atoms with Gasteiger partial charge in [-0.2, -0.15) is 4.31 Å².